The molecular weight excluding hydrogens is 274 g/mol. The number of hydrogen-bond donors (Lipinski definition) is 2. The molecule has 1 aromatic heterocycles. The van der Waals surface area contributed by atoms with Gasteiger partial charge in [-0.25, -0.2) is 18.1 Å². The first-order valence-corrected chi connectivity index (χ1v) is 7.59. The van der Waals surface area contributed by atoms with E-state index >= 15 is 0 Å². The molecule has 7 heteroatoms. The number of hydrogen-bond acceptors (Lipinski definition) is 4. The molecule has 0 bridgehead atoms. The van der Waals surface area contributed by atoms with Gasteiger partial charge in [-0.1, -0.05) is 25.4 Å². The molecule has 0 saturated heterocycles. The van der Waals surface area contributed by atoms with Crippen LogP contribution in [0.5, 0.6) is 0 Å². The van der Waals surface area contributed by atoms with Crippen molar-refractivity contribution in [2.45, 2.75) is 31.6 Å². The summed E-state index contributed by atoms with van der Waals surface area (Å²) in [5.41, 5.74) is 5.43. The highest BCUT2D eigenvalue weighted by Gasteiger charge is 2.15. The number of sulfonamides is 1. The molecule has 0 unspecified atom stereocenters. The maximum Gasteiger partial charge on any atom is 0.242 e. The summed E-state index contributed by atoms with van der Waals surface area (Å²) in [6, 6.07) is 1.30. The van der Waals surface area contributed by atoms with E-state index in [4.69, 9.17) is 17.3 Å². The molecule has 102 valence electrons. The Labute approximate surface area is 113 Å². The smallest absolute Gasteiger partial charge is 0.242 e. The third kappa shape index (κ3) is 4.44. The molecule has 1 rings (SSSR count). The minimum Gasteiger partial charge on any atom is -0.382 e. The van der Waals surface area contributed by atoms with Crippen molar-refractivity contribution >= 4 is 27.4 Å². The van der Waals surface area contributed by atoms with E-state index in [1.165, 1.54) is 12.3 Å². The number of anilines is 1. The normalized spacial score (nSPS) is 12.0. The first-order chi connectivity index (χ1) is 8.33. The second-order valence-electron chi connectivity index (χ2n) is 4.47. The molecule has 5 nitrogen and oxygen atoms in total. The number of nitrogens with zero attached hydrogens (tertiary/aromatic N) is 1. The Kier molecular flexibility index (Phi) is 5.37. The van der Waals surface area contributed by atoms with Gasteiger partial charge in [-0.15, -0.1) is 0 Å². The van der Waals surface area contributed by atoms with Crippen molar-refractivity contribution in [3.05, 3.63) is 17.3 Å². The van der Waals surface area contributed by atoms with Crippen LogP contribution in [0, 0.1) is 5.92 Å². The van der Waals surface area contributed by atoms with Crippen molar-refractivity contribution in [3.63, 3.8) is 0 Å². The number of nitrogens with one attached hydrogen (secondary N) is 1. The SMILES string of the molecule is CC(C)CCCNS(=O)(=O)c1cnc(N)c(Cl)c1. The van der Waals surface area contributed by atoms with Crippen LogP contribution in [0.4, 0.5) is 5.82 Å². The quantitative estimate of drug-likeness (QED) is 0.785. The Morgan fingerprint density at radius 2 is 2.17 bits per heavy atom. The zero-order valence-electron chi connectivity index (χ0n) is 10.5. The van der Waals surface area contributed by atoms with Crippen LogP contribution in [-0.2, 0) is 10.0 Å². The van der Waals surface area contributed by atoms with Crippen LogP contribution in [0.3, 0.4) is 0 Å². The van der Waals surface area contributed by atoms with E-state index in [9.17, 15) is 8.42 Å². The summed E-state index contributed by atoms with van der Waals surface area (Å²) in [4.78, 5) is 3.76. The summed E-state index contributed by atoms with van der Waals surface area (Å²) in [5, 5.41) is 0.139. The maximum absolute atomic E-state index is 11.9. The van der Waals surface area contributed by atoms with E-state index in [0.29, 0.717) is 12.5 Å². The summed E-state index contributed by atoms with van der Waals surface area (Å²) >= 11 is 5.74. The van der Waals surface area contributed by atoms with Gasteiger partial charge in [-0.05, 0) is 24.8 Å². The summed E-state index contributed by atoms with van der Waals surface area (Å²) < 4.78 is 26.3. The molecule has 0 saturated carbocycles. The summed E-state index contributed by atoms with van der Waals surface area (Å²) in [6.45, 7) is 4.60. The minimum atomic E-state index is -3.55. The predicted molar refractivity (Wildman–Crippen MR) is 72.9 cm³/mol. The predicted octanol–water partition coefficient (Wildman–Crippen LogP) is 2.03. The first-order valence-electron chi connectivity index (χ1n) is 5.73. The van der Waals surface area contributed by atoms with Crippen LogP contribution in [0.1, 0.15) is 26.7 Å². The van der Waals surface area contributed by atoms with Crippen LogP contribution >= 0.6 is 11.6 Å². The second kappa shape index (κ2) is 6.36. The van der Waals surface area contributed by atoms with Gasteiger partial charge in [-0.2, -0.15) is 0 Å². The van der Waals surface area contributed by atoms with Crippen molar-refractivity contribution in [3.8, 4) is 0 Å². The first kappa shape index (κ1) is 15.2. The average molecular weight is 292 g/mol. The molecule has 0 aliphatic carbocycles. The molecule has 18 heavy (non-hydrogen) atoms. The van der Waals surface area contributed by atoms with Crippen LogP contribution in [0.15, 0.2) is 17.2 Å². The summed E-state index contributed by atoms with van der Waals surface area (Å²) in [7, 11) is -3.55. The molecule has 0 radical (unpaired) electrons. The maximum atomic E-state index is 11.9. The Bertz CT molecular complexity index is 503. The van der Waals surface area contributed by atoms with Crippen LogP contribution in [-0.4, -0.2) is 19.9 Å². The minimum absolute atomic E-state index is 0.0336. The van der Waals surface area contributed by atoms with E-state index in [1.807, 2.05) is 0 Å². The topological polar surface area (TPSA) is 85.1 Å². The van der Waals surface area contributed by atoms with Gasteiger partial charge < -0.3 is 5.73 Å². The lowest BCUT2D eigenvalue weighted by atomic mass is 10.1. The van der Waals surface area contributed by atoms with E-state index in [2.05, 4.69) is 23.6 Å². The number of nitrogens with two attached hydrogens (primary N) is 1. The number of rotatable bonds is 6. The Hall–Kier alpha value is -0.850. The van der Waals surface area contributed by atoms with E-state index in [1.54, 1.807) is 0 Å². The largest absolute Gasteiger partial charge is 0.382 e. The molecule has 1 aromatic rings. The number of pyridine rings is 1. The zero-order chi connectivity index (χ0) is 13.8. The van der Waals surface area contributed by atoms with Gasteiger partial charge in [0.15, 0.2) is 0 Å². The highest BCUT2D eigenvalue weighted by Crippen LogP contribution is 2.19. The van der Waals surface area contributed by atoms with Crippen molar-refractivity contribution in [1.82, 2.24) is 9.71 Å². The van der Waals surface area contributed by atoms with Crippen LogP contribution in [0.25, 0.3) is 0 Å². The van der Waals surface area contributed by atoms with Crippen molar-refractivity contribution in [1.29, 1.82) is 0 Å². The van der Waals surface area contributed by atoms with Gasteiger partial charge in [0, 0.05) is 12.7 Å². The molecule has 0 spiro atoms. The van der Waals surface area contributed by atoms with Gasteiger partial charge in [0.1, 0.15) is 10.7 Å². The molecule has 0 fully saturated rings. The molecule has 0 aliphatic heterocycles. The molecule has 0 aliphatic rings. The zero-order valence-corrected chi connectivity index (χ0v) is 12.1. The van der Waals surface area contributed by atoms with Crippen LogP contribution < -0.4 is 10.5 Å². The lowest BCUT2D eigenvalue weighted by Gasteiger charge is -2.08. The molecule has 0 aromatic carbocycles. The Balaban J connectivity index is 2.66. The fourth-order valence-electron chi connectivity index (χ4n) is 1.38. The molecule has 3 N–H and O–H groups in total. The Morgan fingerprint density at radius 1 is 1.50 bits per heavy atom. The van der Waals surface area contributed by atoms with Gasteiger partial charge in [0.05, 0.1) is 5.02 Å². The van der Waals surface area contributed by atoms with E-state index < -0.39 is 10.0 Å². The highest BCUT2D eigenvalue weighted by molar-refractivity contribution is 7.89. The highest BCUT2D eigenvalue weighted by atomic mass is 35.5. The fourth-order valence-corrected chi connectivity index (χ4v) is 2.65. The van der Waals surface area contributed by atoms with Gasteiger partial charge in [-0.3, -0.25) is 0 Å². The average Bonchev–Trinajstić information content (AvgIpc) is 2.28. The van der Waals surface area contributed by atoms with E-state index in [-0.39, 0.29) is 15.7 Å². The standard InChI is InChI=1S/C11H18ClN3O2S/c1-8(2)4-3-5-15-18(16,17)9-6-10(12)11(13)14-7-9/h6-8,15H,3-5H2,1-2H3,(H2,13,14). The van der Waals surface area contributed by atoms with Gasteiger partial charge >= 0.3 is 0 Å². The monoisotopic (exact) mass is 291 g/mol. The van der Waals surface area contributed by atoms with Crippen molar-refractivity contribution < 1.29 is 8.42 Å². The molecule has 0 atom stereocenters. The van der Waals surface area contributed by atoms with Crippen molar-refractivity contribution in [2.24, 2.45) is 5.92 Å². The summed E-state index contributed by atoms with van der Waals surface area (Å²) in [6.07, 6.45) is 2.97. The Morgan fingerprint density at radius 3 is 2.72 bits per heavy atom. The fraction of sp³-hybridized carbons (Fsp3) is 0.545. The van der Waals surface area contributed by atoms with E-state index in [0.717, 1.165) is 12.8 Å². The van der Waals surface area contributed by atoms with Gasteiger partial charge in [0.25, 0.3) is 0 Å². The molecular formula is C11H18ClN3O2S. The number of nitrogen functional groups attached to an aromatic ring is 1. The summed E-state index contributed by atoms with van der Waals surface area (Å²) in [5.74, 6) is 0.678. The lowest BCUT2D eigenvalue weighted by molar-refractivity contribution is 0.540. The number of aromatic nitrogens is 1. The van der Waals surface area contributed by atoms with Gasteiger partial charge in [0.2, 0.25) is 10.0 Å². The third-order valence-corrected chi connectivity index (χ3v) is 4.14. The second-order valence-corrected chi connectivity index (χ2v) is 6.65. The molecule has 1 heterocycles. The van der Waals surface area contributed by atoms with Crippen LogP contribution in [0.2, 0.25) is 5.02 Å². The lowest BCUT2D eigenvalue weighted by Crippen LogP contribution is -2.25. The molecule has 0 amide bonds. The number of halogens is 1. The third-order valence-electron chi connectivity index (χ3n) is 2.41. The van der Waals surface area contributed by atoms with Crippen molar-refractivity contribution in [2.75, 3.05) is 12.3 Å².